The molecular formula is C28H37N3O. The molecule has 2 aromatic rings. The maximum Gasteiger partial charge on any atom is 0.250 e. The van der Waals surface area contributed by atoms with Gasteiger partial charge in [0, 0.05) is 37.7 Å². The first-order chi connectivity index (χ1) is 15.5. The van der Waals surface area contributed by atoms with Crippen LogP contribution in [0.25, 0.3) is 17.2 Å². The molecule has 0 saturated carbocycles. The monoisotopic (exact) mass is 431 g/mol. The molecule has 0 bridgehead atoms. The third-order valence-electron chi connectivity index (χ3n) is 6.24. The number of amides is 1. The summed E-state index contributed by atoms with van der Waals surface area (Å²) in [5.74, 6) is 1.51. The van der Waals surface area contributed by atoms with Crippen LogP contribution in [-0.2, 0) is 4.79 Å². The zero-order valence-electron chi connectivity index (χ0n) is 20.2. The highest BCUT2D eigenvalue weighted by Crippen LogP contribution is 2.33. The Morgan fingerprint density at radius 2 is 1.69 bits per heavy atom. The van der Waals surface area contributed by atoms with Crippen molar-refractivity contribution in [3.63, 3.8) is 0 Å². The summed E-state index contributed by atoms with van der Waals surface area (Å²) in [5.41, 5.74) is 6.38. The van der Waals surface area contributed by atoms with Crippen molar-refractivity contribution in [3.8, 4) is 11.1 Å². The van der Waals surface area contributed by atoms with E-state index in [-0.39, 0.29) is 5.91 Å². The van der Waals surface area contributed by atoms with Crippen LogP contribution in [0, 0.1) is 0 Å². The lowest BCUT2D eigenvalue weighted by Crippen LogP contribution is -2.34. The smallest absolute Gasteiger partial charge is 0.250 e. The molecule has 0 aromatic heterocycles. The number of amidine groups is 1. The number of hydrogen-bond acceptors (Lipinski definition) is 3. The molecule has 1 aliphatic heterocycles. The summed E-state index contributed by atoms with van der Waals surface area (Å²) >= 11 is 0. The number of benzene rings is 2. The Kier molecular flexibility index (Phi) is 8.26. The minimum atomic E-state index is 0.120. The largest absolute Gasteiger partial charge is 0.376 e. The van der Waals surface area contributed by atoms with E-state index in [1.54, 1.807) is 0 Å². The van der Waals surface area contributed by atoms with Crippen LogP contribution in [0.15, 0.2) is 53.0 Å². The second-order valence-corrected chi connectivity index (χ2v) is 8.65. The fraction of sp³-hybridized carbons (Fsp3) is 0.429. The average Bonchev–Trinajstić information content (AvgIpc) is 3.01. The highest BCUT2D eigenvalue weighted by molar-refractivity contribution is 6.06. The second-order valence-electron chi connectivity index (χ2n) is 8.65. The van der Waals surface area contributed by atoms with Crippen molar-refractivity contribution >= 4 is 23.5 Å². The molecule has 1 unspecified atom stereocenters. The molecular weight excluding hydrogens is 394 g/mol. The Labute approximate surface area is 193 Å². The van der Waals surface area contributed by atoms with Crippen LogP contribution in [0.5, 0.6) is 0 Å². The molecule has 3 rings (SSSR count). The molecule has 4 heteroatoms. The quantitative estimate of drug-likeness (QED) is 0.515. The third-order valence-corrected chi connectivity index (χ3v) is 6.24. The van der Waals surface area contributed by atoms with Crippen molar-refractivity contribution in [3.05, 3.63) is 59.2 Å². The van der Waals surface area contributed by atoms with Gasteiger partial charge in [-0.2, -0.15) is 0 Å². The molecule has 1 aliphatic rings. The Hall–Kier alpha value is -2.88. The maximum absolute atomic E-state index is 13.3. The van der Waals surface area contributed by atoms with Gasteiger partial charge in [-0.05, 0) is 54.0 Å². The van der Waals surface area contributed by atoms with Crippen molar-refractivity contribution < 1.29 is 4.79 Å². The number of aliphatic imine (C=N–C) groups is 1. The van der Waals surface area contributed by atoms with Crippen LogP contribution in [-0.4, -0.2) is 36.8 Å². The fourth-order valence-corrected chi connectivity index (χ4v) is 4.13. The van der Waals surface area contributed by atoms with E-state index in [1.165, 1.54) is 11.1 Å². The minimum Gasteiger partial charge on any atom is -0.376 e. The van der Waals surface area contributed by atoms with Crippen molar-refractivity contribution in [1.29, 1.82) is 0 Å². The zero-order valence-corrected chi connectivity index (χ0v) is 20.2. The van der Waals surface area contributed by atoms with E-state index in [4.69, 9.17) is 4.99 Å². The topological polar surface area (TPSA) is 44.7 Å². The summed E-state index contributed by atoms with van der Waals surface area (Å²) in [6.45, 7) is 10.3. The Bertz CT molecular complexity index is 982. The van der Waals surface area contributed by atoms with Gasteiger partial charge in [0.05, 0.1) is 5.69 Å². The van der Waals surface area contributed by atoms with Crippen LogP contribution in [0.4, 0.5) is 5.69 Å². The first-order valence-corrected chi connectivity index (χ1v) is 12.0. The summed E-state index contributed by atoms with van der Waals surface area (Å²) in [4.78, 5) is 20.1. The van der Waals surface area contributed by atoms with Gasteiger partial charge in [-0.25, -0.2) is 4.99 Å². The van der Waals surface area contributed by atoms with Crippen molar-refractivity contribution in [2.24, 2.45) is 4.99 Å². The predicted octanol–water partition coefficient (Wildman–Crippen LogP) is 6.55. The van der Waals surface area contributed by atoms with Gasteiger partial charge in [-0.15, -0.1) is 0 Å². The minimum absolute atomic E-state index is 0.120. The summed E-state index contributed by atoms with van der Waals surface area (Å²) in [7, 11) is 1.87. The Morgan fingerprint density at radius 3 is 2.28 bits per heavy atom. The van der Waals surface area contributed by atoms with Gasteiger partial charge >= 0.3 is 0 Å². The number of carbonyl (C=O) groups excluding carboxylic acids is 1. The normalized spacial score (nSPS) is 14.0. The SMILES string of the molecule is CCCN(CCC)C(=O)C1=Cc2ccc(-c3ccc(C(C)CC)cc3)cc2N=C(NC)C1. The lowest BCUT2D eigenvalue weighted by Gasteiger charge is -2.23. The number of hydrogen-bond donors (Lipinski definition) is 1. The van der Waals surface area contributed by atoms with Crippen molar-refractivity contribution in [2.45, 2.75) is 59.3 Å². The van der Waals surface area contributed by atoms with E-state index in [0.717, 1.165) is 60.6 Å². The van der Waals surface area contributed by atoms with E-state index in [9.17, 15) is 4.79 Å². The number of nitrogens with zero attached hydrogens (tertiary/aromatic N) is 2. The maximum atomic E-state index is 13.3. The molecule has 1 heterocycles. The van der Waals surface area contributed by atoms with E-state index in [0.29, 0.717) is 12.3 Å². The van der Waals surface area contributed by atoms with Crippen LogP contribution in [0.2, 0.25) is 0 Å². The highest BCUT2D eigenvalue weighted by Gasteiger charge is 2.21. The molecule has 0 aliphatic carbocycles. The molecule has 1 N–H and O–H groups in total. The molecule has 0 radical (unpaired) electrons. The molecule has 170 valence electrons. The fourth-order valence-electron chi connectivity index (χ4n) is 4.13. The van der Waals surface area contributed by atoms with Crippen LogP contribution in [0.1, 0.15) is 70.4 Å². The van der Waals surface area contributed by atoms with Crippen LogP contribution >= 0.6 is 0 Å². The van der Waals surface area contributed by atoms with Gasteiger partial charge in [0.25, 0.3) is 0 Å². The molecule has 32 heavy (non-hydrogen) atoms. The molecule has 1 atom stereocenters. The number of carbonyl (C=O) groups is 1. The second kappa shape index (κ2) is 11.1. The summed E-state index contributed by atoms with van der Waals surface area (Å²) in [5, 5.41) is 3.20. The van der Waals surface area contributed by atoms with E-state index >= 15 is 0 Å². The molecule has 0 spiro atoms. The number of nitrogens with one attached hydrogen (secondary N) is 1. The van der Waals surface area contributed by atoms with Gasteiger partial charge < -0.3 is 10.2 Å². The van der Waals surface area contributed by atoms with Gasteiger partial charge in [-0.3, -0.25) is 4.79 Å². The standard InChI is InChI=1S/C28H37N3O/c1-6-15-31(16-7-2)28(32)25-17-24-14-13-23(18-26(24)30-27(19-25)29-5)22-11-9-21(10-12-22)20(4)8-3/h9-14,17-18,20H,6-8,15-16,19H2,1-5H3,(H,29,30). The predicted molar refractivity (Wildman–Crippen MR) is 136 cm³/mol. The summed E-state index contributed by atoms with van der Waals surface area (Å²) < 4.78 is 0. The molecule has 2 aromatic carbocycles. The third kappa shape index (κ3) is 5.48. The summed E-state index contributed by atoms with van der Waals surface area (Å²) in [6, 6.07) is 15.2. The van der Waals surface area contributed by atoms with Crippen molar-refractivity contribution in [1.82, 2.24) is 10.2 Å². The lowest BCUT2D eigenvalue weighted by molar-refractivity contribution is -0.127. The molecule has 0 fully saturated rings. The number of rotatable bonds is 8. The van der Waals surface area contributed by atoms with Crippen LogP contribution in [0.3, 0.4) is 0 Å². The molecule has 0 saturated heterocycles. The van der Waals surface area contributed by atoms with Gasteiger partial charge in [0.1, 0.15) is 5.84 Å². The Balaban J connectivity index is 1.95. The average molecular weight is 432 g/mol. The first kappa shape index (κ1) is 23.8. The Morgan fingerprint density at radius 1 is 1.03 bits per heavy atom. The van der Waals surface area contributed by atoms with Crippen molar-refractivity contribution in [2.75, 3.05) is 20.1 Å². The highest BCUT2D eigenvalue weighted by atomic mass is 16.2. The van der Waals surface area contributed by atoms with E-state index < -0.39 is 0 Å². The molecule has 1 amide bonds. The molecule has 4 nitrogen and oxygen atoms in total. The lowest BCUT2D eigenvalue weighted by atomic mass is 9.95. The van der Waals surface area contributed by atoms with Crippen LogP contribution < -0.4 is 5.32 Å². The first-order valence-electron chi connectivity index (χ1n) is 12.0. The van der Waals surface area contributed by atoms with E-state index in [2.05, 4.69) is 75.5 Å². The van der Waals surface area contributed by atoms with Gasteiger partial charge in [0.2, 0.25) is 5.91 Å². The van der Waals surface area contributed by atoms with Gasteiger partial charge in [-0.1, -0.05) is 64.1 Å². The number of fused-ring (bicyclic) bond motifs is 1. The zero-order chi connectivity index (χ0) is 23.1. The van der Waals surface area contributed by atoms with Gasteiger partial charge in [0.15, 0.2) is 0 Å². The van der Waals surface area contributed by atoms with E-state index in [1.807, 2.05) is 18.0 Å². The summed E-state index contributed by atoms with van der Waals surface area (Å²) in [6.07, 6.45) is 5.61.